The van der Waals surface area contributed by atoms with Gasteiger partial charge in [-0.25, -0.2) is 14.6 Å². The molecule has 40 nitrogen and oxygen atoms in total. The van der Waals surface area contributed by atoms with Gasteiger partial charge in [0.05, 0.1) is 100 Å². The first-order chi connectivity index (χ1) is 65.0. The number of carboxylic acids is 7. The van der Waals surface area contributed by atoms with Crippen molar-refractivity contribution in [2.24, 2.45) is 28.9 Å². The van der Waals surface area contributed by atoms with Crippen LogP contribution in [-0.4, -0.2) is 268 Å². The number of carboxylic acid groups (broad SMARTS) is 7. The number of carbonyl (C=O) groups is 18. The number of aromatic nitrogens is 2. The van der Waals surface area contributed by atoms with Crippen LogP contribution in [0.15, 0.2) is 61.1 Å². The van der Waals surface area contributed by atoms with E-state index in [4.69, 9.17) is 44.4 Å². The smallest absolute Gasteiger partial charge is 0.335 e. The normalized spacial score (nSPS) is 12.8. The Morgan fingerprint density at radius 2 is 0.838 bits per heavy atom. The highest BCUT2D eigenvalue weighted by molar-refractivity contribution is 5.96. The van der Waals surface area contributed by atoms with Crippen molar-refractivity contribution in [2.75, 3.05) is 92.2 Å². The van der Waals surface area contributed by atoms with E-state index in [-0.39, 0.29) is 192 Å². The molecule has 0 radical (unpaired) electrons. The number of nitrogens with two attached hydrogens (primary N) is 1. The monoisotopic (exact) mass is 1920 g/mol. The summed E-state index contributed by atoms with van der Waals surface area (Å²) in [7, 11) is 0. The van der Waals surface area contributed by atoms with Gasteiger partial charge in [0.25, 0.3) is 0 Å². The van der Waals surface area contributed by atoms with Gasteiger partial charge >= 0.3 is 41.8 Å². The average molecular weight is 1920 g/mol. The van der Waals surface area contributed by atoms with Crippen LogP contribution in [0.1, 0.15) is 284 Å². The molecule has 5 amide bonds. The molecule has 1 aromatic heterocycles. The molecule has 0 spiro atoms. The fraction of sp³-hybridized carbons (Fsp3) is 0.656. The van der Waals surface area contributed by atoms with Gasteiger partial charge in [-0.15, -0.1) is 0 Å². The van der Waals surface area contributed by atoms with E-state index in [1.54, 1.807) is 38.1 Å². The lowest BCUT2D eigenvalue weighted by Gasteiger charge is -2.26. The molecule has 0 fully saturated rings. The van der Waals surface area contributed by atoms with Crippen LogP contribution in [0.2, 0.25) is 0 Å². The topological polar surface area (TPSA) is 631 Å². The minimum Gasteiger partial charge on any atom is -0.494 e. The Balaban J connectivity index is 1.39. The third-order valence-corrected chi connectivity index (χ3v) is 22.7. The largest absolute Gasteiger partial charge is 0.494 e. The van der Waals surface area contributed by atoms with Crippen LogP contribution in [0, 0.1) is 23.2 Å². The first-order valence-corrected chi connectivity index (χ1v) is 47.4. The van der Waals surface area contributed by atoms with Crippen LogP contribution < -0.4 is 47.1 Å². The van der Waals surface area contributed by atoms with E-state index in [0.29, 0.717) is 62.5 Å². The van der Waals surface area contributed by atoms with Gasteiger partial charge in [0, 0.05) is 132 Å². The van der Waals surface area contributed by atoms with Gasteiger partial charge in [0.15, 0.2) is 28.9 Å². The number of H-pyrrole nitrogens is 1. The summed E-state index contributed by atoms with van der Waals surface area (Å²) in [6, 6.07) is 7.99. The van der Waals surface area contributed by atoms with Gasteiger partial charge < -0.3 is 107 Å². The van der Waals surface area contributed by atoms with E-state index in [2.05, 4.69) is 41.9 Å². The maximum Gasteiger partial charge on any atom is 0.335 e. The lowest BCUT2D eigenvalue weighted by molar-refractivity contribution is -0.144. The number of hydrogen-bond acceptors (Lipinski definition) is 27. The highest BCUT2D eigenvalue weighted by atomic mass is 16.5. The average Bonchev–Trinajstić information content (AvgIpc) is 1.15. The number of nitrogens with one attached hydrogen (secondary N) is 7. The van der Waals surface area contributed by atoms with Crippen molar-refractivity contribution in [3.05, 3.63) is 77.9 Å². The Morgan fingerprint density at radius 1 is 0.390 bits per heavy atom. The van der Waals surface area contributed by atoms with E-state index in [0.717, 1.165) is 89.9 Å². The molecule has 1 heterocycles. The number of ketones is 6. The molecular weight excluding hydrogens is 1780 g/mol. The maximum absolute atomic E-state index is 14.1. The summed E-state index contributed by atoms with van der Waals surface area (Å²) in [6.07, 6.45) is 14.6. The van der Waals surface area contributed by atoms with Crippen molar-refractivity contribution in [1.29, 1.82) is 0 Å². The minimum absolute atomic E-state index is 0.0125. The number of rotatable bonds is 88. The number of imidazole rings is 1. The molecule has 3 aromatic rings. The van der Waals surface area contributed by atoms with Crippen molar-refractivity contribution in [1.82, 2.24) is 41.9 Å². The second-order valence-corrected chi connectivity index (χ2v) is 34.6. The molecule has 0 saturated heterocycles. The van der Waals surface area contributed by atoms with Crippen LogP contribution in [0.5, 0.6) is 11.5 Å². The van der Waals surface area contributed by atoms with Crippen LogP contribution in [-0.2, 0) is 102 Å². The standard InChI is InChI=1S/C96H145N9O31/c1-96(2,60-82(110)75(97)59-71-61-98-65-103-71)83(111)62-102-76(26-18-20-46-100-86(114)63-133-54-52-131-48-23-27-79(107)77(39-43-89(119)120)105-92(124)68(33-41-87(115)116)56-72(106)25-15-11-7-3-5-9-13-21-49-135-73-35-29-66(30-36-73)93(125)126)80(108)58-70(95(129)130)24-17-19-45-99-85(113)64-134-55-53-132-51-47-101-91(123)69(34-42-88(117)118)57-81(109)78(40-44-90(121)122)104-84(112)28-16-12-8-4-6-10-14-22-50-136-74-37-31-67(32-38-74)94(127)128/h29-32,35-38,61,65,68-70,75-78,102H,3-28,33-34,39-60,62-64,97H2,1-2H3,(H,98,103)(H,99,113)(H,100,114)(H,101,123)(H,104,112)(H,105,124)(H,115,116)(H,117,118)(H,119,120)(H,121,122)(H,125,126)(H,127,128)(H,129,130)/t68-,69-,70-,75+,76+,77+,78+/m1/s1. The van der Waals surface area contributed by atoms with Gasteiger partial charge in [-0.3, -0.25) is 76.7 Å². The SMILES string of the molecule is CC(C)(CC(=O)[C@@H](N)Cc1cnc[nH]1)C(=O)CN[C@@H](CCCCNC(=O)COCCOCCCC(=O)[C@H](CCC(=O)O)NC(=O)[C@H](CCC(=O)O)CC(=O)CCCCCCCCCCOc1ccc(C(=O)O)cc1)C(=O)C[C@@H](CCCCNC(=O)COCCOCCNC(=O)[C@H](CCC(=O)O)CC(=O)[C@H](CCC(=O)O)NC(=O)CCCCCCCCCCOc1ccc(C(=O)O)cc1)C(=O)O. The second kappa shape index (κ2) is 71.2. The number of nitrogens with zero attached hydrogens (tertiary/aromatic N) is 1. The minimum atomic E-state index is -1.25. The summed E-state index contributed by atoms with van der Waals surface area (Å²) in [5.74, 6) is -15.7. The summed E-state index contributed by atoms with van der Waals surface area (Å²) in [5, 5.41) is 82.3. The highest BCUT2D eigenvalue weighted by Crippen LogP contribution is 2.26. The van der Waals surface area contributed by atoms with Gasteiger partial charge in [0.2, 0.25) is 29.5 Å². The first-order valence-electron chi connectivity index (χ1n) is 47.4. The van der Waals surface area contributed by atoms with E-state index in [1.165, 1.54) is 36.8 Å². The van der Waals surface area contributed by atoms with Crippen LogP contribution in [0.4, 0.5) is 0 Å². The molecule has 0 unspecified atom stereocenters. The van der Waals surface area contributed by atoms with Crippen LogP contribution in [0.25, 0.3) is 0 Å². The number of ether oxygens (including phenoxy) is 6. The number of aliphatic carboxylic acids is 5. The Hall–Kier alpha value is -11.3. The number of unbranched alkanes of at least 4 members (excludes halogenated alkanes) is 16. The Kier molecular flexibility index (Phi) is 62.2. The lowest BCUT2D eigenvalue weighted by atomic mass is 9.81. The van der Waals surface area contributed by atoms with Crippen LogP contribution >= 0.6 is 0 Å². The predicted molar refractivity (Wildman–Crippen MR) is 494 cm³/mol. The highest BCUT2D eigenvalue weighted by Gasteiger charge is 2.36. The van der Waals surface area contributed by atoms with Gasteiger partial charge in [-0.2, -0.15) is 0 Å². The van der Waals surface area contributed by atoms with Crippen molar-refractivity contribution < 1.29 is 150 Å². The van der Waals surface area contributed by atoms with Gasteiger partial charge in [0.1, 0.15) is 30.5 Å². The fourth-order valence-electron chi connectivity index (χ4n) is 14.6. The van der Waals surface area contributed by atoms with E-state index >= 15 is 0 Å². The third-order valence-electron chi connectivity index (χ3n) is 22.7. The Bertz CT molecular complexity index is 4150. The van der Waals surface area contributed by atoms with Crippen molar-refractivity contribution in [2.45, 2.75) is 288 Å². The van der Waals surface area contributed by atoms with E-state index in [1.807, 2.05) is 0 Å². The van der Waals surface area contributed by atoms with Gasteiger partial charge in [-0.05, 0) is 138 Å². The zero-order chi connectivity index (χ0) is 100. The third kappa shape index (κ3) is 57.5. The molecule has 0 saturated carbocycles. The van der Waals surface area contributed by atoms with Crippen molar-refractivity contribution >= 4 is 106 Å². The number of aromatic amines is 1. The molecule has 0 aliphatic heterocycles. The van der Waals surface area contributed by atoms with Gasteiger partial charge in [-0.1, -0.05) is 97.3 Å². The number of Topliss-reactive ketones (excluding diaryl/α,β-unsaturated/α-hetero) is 6. The van der Waals surface area contributed by atoms with Crippen molar-refractivity contribution in [3.63, 3.8) is 0 Å². The first kappa shape index (κ1) is 119. The van der Waals surface area contributed by atoms with E-state index < -0.39 is 180 Å². The molecule has 2 aromatic carbocycles. The molecule has 7 atom stereocenters. The summed E-state index contributed by atoms with van der Waals surface area (Å²) in [4.78, 5) is 234. The quantitative estimate of drug-likeness (QED) is 0.0235. The number of aromatic carboxylic acids is 2. The Labute approximate surface area is 793 Å². The summed E-state index contributed by atoms with van der Waals surface area (Å²) in [5.41, 5.74) is 5.95. The maximum atomic E-state index is 14.1. The predicted octanol–water partition coefficient (Wildman–Crippen LogP) is 8.71. The summed E-state index contributed by atoms with van der Waals surface area (Å²) >= 11 is 0. The zero-order valence-corrected chi connectivity index (χ0v) is 78.7. The van der Waals surface area contributed by atoms with E-state index in [9.17, 15) is 112 Å². The van der Waals surface area contributed by atoms with Crippen LogP contribution in [0.3, 0.4) is 0 Å². The summed E-state index contributed by atoms with van der Waals surface area (Å²) < 4.78 is 33.4. The van der Waals surface area contributed by atoms with Crippen molar-refractivity contribution in [3.8, 4) is 11.5 Å². The number of hydrogen-bond donors (Lipinski definition) is 15. The molecule has 136 heavy (non-hydrogen) atoms. The molecule has 40 heteroatoms. The molecule has 16 N–H and O–H groups in total. The summed E-state index contributed by atoms with van der Waals surface area (Å²) in [6.45, 7) is 3.22. The molecule has 760 valence electrons. The molecule has 3 rings (SSSR count). The fourth-order valence-corrected chi connectivity index (χ4v) is 14.6. The number of benzene rings is 2. The molecule has 0 bridgehead atoms. The second-order valence-electron chi connectivity index (χ2n) is 34.6. The number of amides is 5. The molecule has 0 aliphatic rings. The molecular formula is C96H145N9O31. The zero-order valence-electron chi connectivity index (χ0n) is 78.7. The number of carbonyl (C=O) groups excluding carboxylic acids is 11. The molecule has 0 aliphatic carbocycles. The lowest BCUT2D eigenvalue weighted by Crippen LogP contribution is -2.45. The Morgan fingerprint density at radius 3 is 1.33 bits per heavy atom.